The highest BCUT2D eigenvalue weighted by atomic mass is 28.3. The van der Waals surface area contributed by atoms with E-state index in [2.05, 4.69) is 6.58 Å². The molecule has 0 fully saturated rings. The monoisotopic (exact) mass is 332 g/mol. The Bertz CT molecular complexity index is 373. The molecule has 0 aliphatic carbocycles. The van der Waals surface area contributed by atoms with Crippen molar-refractivity contribution >= 4 is 8.07 Å². The molecule has 0 aliphatic heterocycles. The van der Waals surface area contributed by atoms with Crippen molar-refractivity contribution in [1.29, 1.82) is 0 Å². The lowest BCUT2D eigenvalue weighted by Crippen LogP contribution is -2.70. The Morgan fingerprint density at radius 2 is 1.25 bits per heavy atom. The molecule has 0 aliphatic rings. The van der Waals surface area contributed by atoms with E-state index in [-0.39, 0.29) is 6.92 Å². The SMILES string of the molecule is C=C[Si](C)(C)C(F)(F)C(F)(F)C(F)(F)C(F)(F)C(C)F. The van der Waals surface area contributed by atoms with Crippen LogP contribution in [0.15, 0.2) is 12.3 Å². The molecule has 0 aromatic rings. The molecule has 1 atom stereocenters. The Morgan fingerprint density at radius 3 is 1.50 bits per heavy atom. The summed E-state index contributed by atoms with van der Waals surface area (Å²) in [6.07, 6.45) is -3.73. The van der Waals surface area contributed by atoms with Gasteiger partial charge >= 0.3 is 17.8 Å². The Hall–Kier alpha value is -0.673. The maximum absolute atomic E-state index is 13.6. The van der Waals surface area contributed by atoms with Gasteiger partial charge in [0.05, 0.1) is 0 Å². The highest BCUT2D eigenvalue weighted by molar-refractivity contribution is 6.84. The summed E-state index contributed by atoms with van der Waals surface area (Å²) in [5.41, 5.74) is -5.07. The van der Waals surface area contributed by atoms with Crippen LogP contribution in [0, 0.1) is 0 Å². The van der Waals surface area contributed by atoms with E-state index in [4.69, 9.17) is 0 Å². The third-order valence-corrected chi connectivity index (χ3v) is 5.98. The molecule has 1 unspecified atom stereocenters. The lowest BCUT2D eigenvalue weighted by atomic mass is 10.0. The van der Waals surface area contributed by atoms with Gasteiger partial charge in [-0.25, -0.2) is 13.2 Å². The molecule has 120 valence electrons. The van der Waals surface area contributed by atoms with Gasteiger partial charge in [0.25, 0.3) is 5.55 Å². The molecule has 0 heterocycles. The summed E-state index contributed by atoms with van der Waals surface area (Å²) in [6.45, 7) is 3.83. The van der Waals surface area contributed by atoms with E-state index >= 15 is 0 Å². The number of hydrogen-bond acceptors (Lipinski definition) is 0. The zero-order chi connectivity index (χ0) is 16.8. The maximum atomic E-state index is 13.6. The molecule has 0 saturated carbocycles. The van der Waals surface area contributed by atoms with Gasteiger partial charge in [-0.3, -0.25) is 0 Å². The minimum absolute atomic E-state index is 0.113. The fraction of sp³-hybridized carbons (Fsp3) is 0.800. The minimum atomic E-state index is -6.55. The third kappa shape index (κ3) is 2.35. The summed E-state index contributed by atoms with van der Waals surface area (Å²) in [6, 6.07) is 0. The van der Waals surface area contributed by atoms with Crippen molar-refractivity contribution in [2.24, 2.45) is 0 Å². The highest BCUT2D eigenvalue weighted by Crippen LogP contribution is 2.56. The van der Waals surface area contributed by atoms with E-state index in [0.717, 1.165) is 0 Å². The number of rotatable bonds is 6. The van der Waals surface area contributed by atoms with Gasteiger partial charge in [0.1, 0.15) is 0 Å². The van der Waals surface area contributed by atoms with Crippen molar-refractivity contribution in [2.75, 3.05) is 0 Å². The zero-order valence-electron chi connectivity index (χ0n) is 10.8. The van der Waals surface area contributed by atoms with Gasteiger partial charge in [0.2, 0.25) is 0 Å². The lowest BCUT2D eigenvalue weighted by Gasteiger charge is -2.41. The molecule has 0 aromatic heterocycles. The van der Waals surface area contributed by atoms with E-state index in [1.165, 1.54) is 0 Å². The van der Waals surface area contributed by atoms with Crippen molar-refractivity contribution < 1.29 is 39.5 Å². The first-order valence-corrected chi connectivity index (χ1v) is 8.37. The molecule has 0 nitrogen and oxygen atoms in total. The first kappa shape index (κ1) is 19.3. The highest BCUT2D eigenvalue weighted by Gasteiger charge is 2.83. The minimum Gasteiger partial charge on any atom is -0.241 e. The van der Waals surface area contributed by atoms with Crippen LogP contribution >= 0.6 is 0 Å². The van der Waals surface area contributed by atoms with E-state index in [1.54, 1.807) is 0 Å². The third-order valence-electron chi connectivity index (χ3n) is 3.03. The molecule has 10 heteroatoms. The number of alkyl halides is 9. The second kappa shape index (κ2) is 4.95. The van der Waals surface area contributed by atoms with Crippen molar-refractivity contribution in [3.8, 4) is 0 Å². The first-order chi connectivity index (χ1) is 8.50. The average molecular weight is 332 g/mol. The van der Waals surface area contributed by atoms with Crippen LogP contribution in [0.3, 0.4) is 0 Å². The topological polar surface area (TPSA) is 0 Å². The average Bonchev–Trinajstić information content (AvgIpc) is 2.27. The summed E-state index contributed by atoms with van der Waals surface area (Å²) in [5, 5.41) is 0. The molecular formula is C10H13F9Si. The molecule has 0 spiro atoms. The Balaban J connectivity index is 6.04. The summed E-state index contributed by atoms with van der Waals surface area (Å²) in [5.74, 6) is -18.9. The van der Waals surface area contributed by atoms with Crippen LogP contribution in [0.5, 0.6) is 0 Å². The standard InChI is InChI=1S/C10H13F9Si/c1-5-20(3,4)10(18,19)9(16,17)8(14,15)7(12,13)6(2)11/h5-6H,1H2,2-4H3. The molecule has 0 bridgehead atoms. The van der Waals surface area contributed by atoms with Crippen molar-refractivity contribution in [3.05, 3.63) is 12.3 Å². The van der Waals surface area contributed by atoms with Gasteiger partial charge in [-0.05, 0) is 6.92 Å². The van der Waals surface area contributed by atoms with Crippen LogP contribution < -0.4 is 0 Å². The number of hydrogen-bond donors (Lipinski definition) is 0. The van der Waals surface area contributed by atoms with Gasteiger partial charge in [0.15, 0.2) is 14.2 Å². The summed E-state index contributed by atoms with van der Waals surface area (Å²) in [4.78, 5) is 0. The Kier molecular flexibility index (Phi) is 4.79. The lowest BCUT2D eigenvalue weighted by molar-refractivity contribution is -0.359. The molecule has 0 radical (unpaired) electrons. The molecule has 0 N–H and O–H groups in total. The number of halogens is 9. The Morgan fingerprint density at radius 1 is 0.900 bits per heavy atom. The first-order valence-electron chi connectivity index (χ1n) is 5.29. The van der Waals surface area contributed by atoms with E-state index in [9.17, 15) is 39.5 Å². The fourth-order valence-electron chi connectivity index (χ4n) is 1.19. The normalized spacial score (nSPS) is 17.0. The smallest absolute Gasteiger partial charge is 0.241 e. The van der Waals surface area contributed by atoms with Gasteiger partial charge in [-0.1, -0.05) is 18.8 Å². The van der Waals surface area contributed by atoms with Gasteiger partial charge in [-0.15, -0.1) is 6.58 Å². The van der Waals surface area contributed by atoms with Crippen LogP contribution in [0.1, 0.15) is 6.92 Å². The van der Waals surface area contributed by atoms with E-state index in [1.807, 2.05) is 0 Å². The molecule has 0 saturated heterocycles. The molecular weight excluding hydrogens is 319 g/mol. The van der Waals surface area contributed by atoms with Crippen LogP contribution in [0.25, 0.3) is 0 Å². The zero-order valence-corrected chi connectivity index (χ0v) is 11.8. The maximum Gasteiger partial charge on any atom is 0.380 e. The van der Waals surface area contributed by atoms with Crippen molar-refractivity contribution in [2.45, 2.75) is 49.5 Å². The molecule has 0 amide bonds. The van der Waals surface area contributed by atoms with Crippen molar-refractivity contribution in [3.63, 3.8) is 0 Å². The molecule has 0 aromatic carbocycles. The quantitative estimate of drug-likeness (QED) is 0.481. The van der Waals surface area contributed by atoms with Gasteiger partial charge in [0, 0.05) is 0 Å². The second-order valence-electron chi connectivity index (χ2n) is 4.89. The molecule has 20 heavy (non-hydrogen) atoms. The van der Waals surface area contributed by atoms with Crippen LogP contribution in [-0.4, -0.2) is 37.6 Å². The van der Waals surface area contributed by atoms with E-state index < -0.39 is 37.6 Å². The summed E-state index contributed by atoms with van der Waals surface area (Å²) in [7, 11) is -4.52. The fourth-order valence-corrected chi connectivity index (χ4v) is 2.41. The van der Waals surface area contributed by atoms with Crippen LogP contribution in [0.4, 0.5) is 39.5 Å². The van der Waals surface area contributed by atoms with Gasteiger partial charge in [-0.2, -0.15) is 26.3 Å². The second-order valence-corrected chi connectivity index (χ2v) is 9.37. The van der Waals surface area contributed by atoms with Gasteiger partial charge < -0.3 is 0 Å². The van der Waals surface area contributed by atoms with E-state index in [0.29, 0.717) is 18.8 Å². The van der Waals surface area contributed by atoms with Crippen LogP contribution in [0.2, 0.25) is 13.1 Å². The predicted molar refractivity (Wildman–Crippen MR) is 58.0 cm³/mol. The summed E-state index contributed by atoms with van der Waals surface area (Å²) < 4.78 is 118. The molecule has 0 rings (SSSR count). The summed E-state index contributed by atoms with van der Waals surface area (Å²) >= 11 is 0. The predicted octanol–water partition coefficient (Wildman–Crippen LogP) is 4.86. The largest absolute Gasteiger partial charge is 0.380 e. The van der Waals surface area contributed by atoms with Crippen molar-refractivity contribution in [1.82, 2.24) is 0 Å². The Labute approximate surface area is 110 Å². The van der Waals surface area contributed by atoms with Crippen LogP contribution in [-0.2, 0) is 0 Å².